The van der Waals surface area contributed by atoms with Crippen LogP contribution in [-0.4, -0.2) is 42.4 Å². The summed E-state index contributed by atoms with van der Waals surface area (Å²) >= 11 is 1.55. The van der Waals surface area contributed by atoms with Crippen molar-refractivity contribution in [3.8, 4) is 17.4 Å². The van der Waals surface area contributed by atoms with Crippen molar-refractivity contribution < 1.29 is 19.0 Å². The number of hydrogen-bond acceptors (Lipinski definition) is 6. The standard InChI is InChI=1S/C19H22N2O4S/c1-4-25-14-7-5-13(6-8-14)11-21-16(22)12-26-19(21)17-15(23-2)9-10-20-18(17)24-3/h5-10,19H,4,11-12H2,1-3H3. The maximum absolute atomic E-state index is 12.5. The van der Waals surface area contributed by atoms with Crippen LogP contribution in [0.1, 0.15) is 23.4 Å². The summed E-state index contributed by atoms with van der Waals surface area (Å²) in [4.78, 5) is 18.6. The molecule has 0 radical (unpaired) electrons. The van der Waals surface area contributed by atoms with Gasteiger partial charge in [-0.3, -0.25) is 4.79 Å². The second kappa shape index (κ2) is 8.31. The molecule has 1 aromatic carbocycles. The molecule has 0 saturated carbocycles. The Morgan fingerprint density at radius 2 is 1.96 bits per heavy atom. The van der Waals surface area contributed by atoms with Gasteiger partial charge in [-0.05, 0) is 30.7 Å². The summed E-state index contributed by atoms with van der Waals surface area (Å²) in [6, 6.07) is 9.60. The predicted octanol–water partition coefficient (Wildman–Crippen LogP) is 3.27. The van der Waals surface area contributed by atoms with Crippen LogP contribution >= 0.6 is 11.8 Å². The van der Waals surface area contributed by atoms with Gasteiger partial charge in [0, 0.05) is 12.7 Å². The highest BCUT2D eigenvalue weighted by Gasteiger charge is 2.37. The molecule has 7 heteroatoms. The second-order valence-electron chi connectivity index (χ2n) is 5.70. The molecule has 1 aliphatic rings. The monoisotopic (exact) mass is 374 g/mol. The highest BCUT2D eigenvalue weighted by molar-refractivity contribution is 8.00. The van der Waals surface area contributed by atoms with Crippen LogP contribution in [0.3, 0.4) is 0 Å². The van der Waals surface area contributed by atoms with Crippen LogP contribution < -0.4 is 14.2 Å². The van der Waals surface area contributed by atoms with Gasteiger partial charge >= 0.3 is 0 Å². The molecule has 0 aliphatic carbocycles. The minimum absolute atomic E-state index is 0.0850. The lowest BCUT2D eigenvalue weighted by atomic mass is 10.1. The zero-order chi connectivity index (χ0) is 18.5. The zero-order valence-electron chi connectivity index (χ0n) is 15.1. The Morgan fingerprint density at radius 3 is 2.62 bits per heavy atom. The van der Waals surface area contributed by atoms with Crippen molar-refractivity contribution >= 4 is 17.7 Å². The zero-order valence-corrected chi connectivity index (χ0v) is 15.9. The van der Waals surface area contributed by atoms with E-state index in [0.717, 1.165) is 16.9 Å². The number of hydrogen-bond donors (Lipinski definition) is 0. The third kappa shape index (κ3) is 3.72. The van der Waals surface area contributed by atoms with Gasteiger partial charge in [0.05, 0.1) is 32.1 Å². The van der Waals surface area contributed by atoms with Crippen LogP contribution in [0.5, 0.6) is 17.4 Å². The van der Waals surface area contributed by atoms with Gasteiger partial charge in [0.2, 0.25) is 11.8 Å². The Kier molecular flexibility index (Phi) is 5.88. The molecule has 1 amide bonds. The fraction of sp³-hybridized carbons (Fsp3) is 0.368. The summed E-state index contributed by atoms with van der Waals surface area (Å²) < 4.78 is 16.4. The summed E-state index contributed by atoms with van der Waals surface area (Å²) in [7, 11) is 3.18. The fourth-order valence-electron chi connectivity index (χ4n) is 2.92. The number of pyridine rings is 1. The van der Waals surface area contributed by atoms with Crippen molar-refractivity contribution in [3.63, 3.8) is 0 Å². The molecule has 6 nitrogen and oxygen atoms in total. The number of amides is 1. The molecule has 2 heterocycles. The number of carbonyl (C=O) groups is 1. The van der Waals surface area contributed by atoms with Crippen LogP contribution in [0.15, 0.2) is 36.5 Å². The van der Waals surface area contributed by atoms with Crippen molar-refractivity contribution in [2.45, 2.75) is 18.8 Å². The first-order chi connectivity index (χ1) is 12.7. The van der Waals surface area contributed by atoms with Gasteiger partial charge in [0.1, 0.15) is 16.9 Å². The quantitative estimate of drug-likeness (QED) is 0.741. The Morgan fingerprint density at radius 1 is 1.19 bits per heavy atom. The van der Waals surface area contributed by atoms with E-state index in [4.69, 9.17) is 14.2 Å². The topological polar surface area (TPSA) is 60.9 Å². The van der Waals surface area contributed by atoms with E-state index in [-0.39, 0.29) is 11.3 Å². The normalized spacial score (nSPS) is 16.7. The minimum atomic E-state index is -0.201. The first-order valence-corrected chi connectivity index (χ1v) is 9.42. The molecule has 0 spiro atoms. The average molecular weight is 374 g/mol. The van der Waals surface area contributed by atoms with Crippen molar-refractivity contribution in [2.24, 2.45) is 0 Å². The predicted molar refractivity (Wildman–Crippen MR) is 101 cm³/mol. The van der Waals surface area contributed by atoms with Gasteiger partial charge in [-0.1, -0.05) is 12.1 Å². The third-order valence-corrected chi connectivity index (χ3v) is 5.35. The number of aromatic nitrogens is 1. The smallest absolute Gasteiger partial charge is 0.234 e. The Hall–Kier alpha value is -2.41. The first-order valence-electron chi connectivity index (χ1n) is 8.37. The molecule has 2 aromatic rings. The van der Waals surface area contributed by atoms with Crippen LogP contribution in [0.25, 0.3) is 0 Å². The second-order valence-corrected chi connectivity index (χ2v) is 6.77. The molecule has 1 atom stereocenters. The number of methoxy groups -OCH3 is 2. The first kappa shape index (κ1) is 18.4. The molecule has 0 N–H and O–H groups in total. The summed E-state index contributed by atoms with van der Waals surface area (Å²) in [6.45, 7) is 3.08. The van der Waals surface area contributed by atoms with E-state index in [1.165, 1.54) is 0 Å². The van der Waals surface area contributed by atoms with Crippen molar-refractivity contribution in [2.75, 3.05) is 26.6 Å². The number of nitrogens with zero attached hydrogens (tertiary/aromatic N) is 2. The molecule has 3 rings (SSSR count). The lowest BCUT2D eigenvalue weighted by Gasteiger charge is -2.26. The number of rotatable bonds is 7. The fourth-order valence-corrected chi connectivity index (χ4v) is 4.15. The molecule has 1 unspecified atom stereocenters. The highest BCUT2D eigenvalue weighted by Crippen LogP contribution is 2.46. The van der Waals surface area contributed by atoms with Crippen LogP contribution in [0, 0.1) is 0 Å². The maximum Gasteiger partial charge on any atom is 0.234 e. The Bertz CT molecular complexity index is 744. The van der Waals surface area contributed by atoms with E-state index < -0.39 is 0 Å². The Balaban J connectivity index is 1.88. The molecule has 1 saturated heterocycles. The average Bonchev–Trinajstić information content (AvgIpc) is 3.03. The van der Waals surface area contributed by atoms with Gasteiger partial charge in [0.25, 0.3) is 0 Å². The highest BCUT2D eigenvalue weighted by atomic mass is 32.2. The summed E-state index contributed by atoms with van der Waals surface area (Å²) in [5, 5.41) is -0.201. The van der Waals surface area contributed by atoms with E-state index in [2.05, 4.69) is 4.98 Å². The molecule has 26 heavy (non-hydrogen) atoms. The van der Waals surface area contributed by atoms with Gasteiger partial charge in [-0.25, -0.2) is 4.98 Å². The molecule has 0 bridgehead atoms. The van der Waals surface area contributed by atoms with Gasteiger partial charge in [-0.15, -0.1) is 11.8 Å². The summed E-state index contributed by atoms with van der Waals surface area (Å²) in [6.07, 6.45) is 1.64. The minimum Gasteiger partial charge on any atom is -0.496 e. The lowest BCUT2D eigenvalue weighted by Crippen LogP contribution is -2.28. The van der Waals surface area contributed by atoms with Crippen molar-refractivity contribution in [1.29, 1.82) is 0 Å². The van der Waals surface area contributed by atoms with Gasteiger partial charge in [0.15, 0.2) is 0 Å². The van der Waals surface area contributed by atoms with E-state index in [9.17, 15) is 4.79 Å². The molecule has 1 fully saturated rings. The molecule has 1 aromatic heterocycles. The molecular formula is C19H22N2O4S. The van der Waals surface area contributed by atoms with Crippen LogP contribution in [-0.2, 0) is 11.3 Å². The van der Waals surface area contributed by atoms with Crippen molar-refractivity contribution in [1.82, 2.24) is 9.88 Å². The number of carbonyl (C=O) groups excluding carboxylic acids is 1. The Labute approximate surface area is 157 Å². The van der Waals surface area contributed by atoms with Crippen molar-refractivity contribution in [3.05, 3.63) is 47.7 Å². The van der Waals surface area contributed by atoms with Gasteiger partial charge < -0.3 is 19.1 Å². The van der Waals surface area contributed by atoms with Crippen LogP contribution in [0.2, 0.25) is 0 Å². The largest absolute Gasteiger partial charge is 0.496 e. The number of benzene rings is 1. The lowest BCUT2D eigenvalue weighted by molar-refractivity contribution is -0.128. The van der Waals surface area contributed by atoms with Gasteiger partial charge in [-0.2, -0.15) is 0 Å². The third-order valence-electron chi connectivity index (χ3n) is 4.13. The van der Waals surface area contributed by atoms with E-state index in [1.807, 2.05) is 36.1 Å². The number of thioether (sulfide) groups is 1. The number of ether oxygens (including phenoxy) is 3. The molecule has 1 aliphatic heterocycles. The molecule has 138 valence electrons. The van der Waals surface area contributed by atoms with Crippen LogP contribution in [0.4, 0.5) is 0 Å². The van der Waals surface area contributed by atoms with E-state index in [0.29, 0.717) is 30.5 Å². The summed E-state index contributed by atoms with van der Waals surface area (Å²) in [5.74, 6) is 2.48. The summed E-state index contributed by atoms with van der Waals surface area (Å²) in [5.41, 5.74) is 1.83. The SMILES string of the molecule is CCOc1ccc(CN2C(=O)CSC2c2c(OC)ccnc2OC)cc1. The van der Waals surface area contributed by atoms with E-state index in [1.54, 1.807) is 38.2 Å². The van der Waals surface area contributed by atoms with E-state index >= 15 is 0 Å². The molecular weight excluding hydrogens is 352 g/mol. The maximum atomic E-state index is 12.5.